The van der Waals surface area contributed by atoms with Gasteiger partial charge in [0.05, 0.1) is 5.69 Å². The van der Waals surface area contributed by atoms with Gasteiger partial charge in [0.1, 0.15) is 5.82 Å². The Morgan fingerprint density at radius 2 is 2.46 bits per heavy atom. The van der Waals surface area contributed by atoms with Gasteiger partial charge >= 0.3 is 0 Å². The SMILES string of the molecule is CCc1csc(-n2ccc(N)n2)n1. The number of thiazole rings is 1. The van der Waals surface area contributed by atoms with Crippen LogP contribution in [0.1, 0.15) is 12.6 Å². The Labute approximate surface area is 80.0 Å². The third kappa shape index (κ3) is 1.55. The molecule has 0 saturated heterocycles. The van der Waals surface area contributed by atoms with Crippen LogP contribution in [0.3, 0.4) is 0 Å². The first kappa shape index (κ1) is 8.25. The fourth-order valence-electron chi connectivity index (χ4n) is 1.01. The molecule has 0 radical (unpaired) electrons. The van der Waals surface area contributed by atoms with Crippen molar-refractivity contribution in [2.45, 2.75) is 13.3 Å². The molecule has 2 rings (SSSR count). The van der Waals surface area contributed by atoms with Gasteiger partial charge in [-0.15, -0.1) is 16.4 Å². The number of nitrogens with two attached hydrogens (primary N) is 1. The summed E-state index contributed by atoms with van der Waals surface area (Å²) >= 11 is 1.57. The summed E-state index contributed by atoms with van der Waals surface area (Å²) < 4.78 is 1.69. The number of aromatic nitrogens is 3. The van der Waals surface area contributed by atoms with E-state index in [0.717, 1.165) is 17.2 Å². The van der Waals surface area contributed by atoms with Crippen LogP contribution in [-0.4, -0.2) is 14.8 Å². The summed E-state index contributed by atoms with van der Waals surface area (Å²) in [4.78, 5) is 4.38. The van der Waals surface area contributed by atoms with Crippen molar-refractivity contribution in [2.75, 3.05) is 5.73 Å². The van der Waals surface area contributed by atoms with Crippen molar-refractivity contribution < 1.29 is 0 Å². The topological polar surface area (TPSA) is 56.7 Å². The lowest BCUT2D eigenvalue weighted by atomic mass is 10.4. The highest BCUT2D eigenvalue weighted by Crippen LogP contribution is 2.14. The zero-order chi connectivity index (χ0) is 9.26. The maximum absolute atomic E-state index is 5.50. The van der Waals surface area contributed by atoms with Crippen molar-refractivity contribution in [3.05, 3.63) is 23.3 Å². The molecular weight excluding hydrogens is 184 g/mol. The molecule has 0 spiro atoms. The minimum Gasteiger partial charge on any atom is -0.382 e. The number of aryl methyl sites for hydroxylation is 1. The molecular formula is C8H10N4S. The van der Waals surface area contributed by atoms with E-state index >= 15 is 0 Å². The van der Waals surface area contributed by atoms with Crippen molar-refractivity contribution in [3.63, 3.8) is 0 Å². The minimum atomic E-state index is 0.522. The van der Waals surface area contributed by atoms with E-state index in [0.29, 0.717) is 5.82 Å². The zero-order valence-corrected chi connectivity index (χ0v) is 8.08. The molecule has 13 heavy (non-hydrogen) atoms. The Bertz CT molecular complexity index is 404. The third-order valence-electron chi connectivity index (χ3n) is 1.71. The molecule has 0 aliphatic carbocycles. The summed E-state index contributed by atoms with van der Waals surface area (Å²) in [5.41, 5.74) is 6.59. The van der Waals surface area contributed by atoms with E-state index in [4.69, 9.17) is 5.73 Å². The van der Waals surface area contributed by atoms with Gasteiger partial charge in [-0.3, -0.25) is 0 Å². The first-order valence-corrected chi connectivity index (χ1v) is 4.93. The van der Waals surface area contributed by atoms with Crippen LogP contribution < -0.4 is 5.73 Å². The molecule has 0 fully saturated rings. The second-order valence-corrected chi connectivity index (χ2v) is 3.50. The van der Waals surface area contributed by atoms with Crippen LogP contribution in [0.15, 0.2) is 17.6 Å². The van der Waals surface area contributed by atoms with Gasteiger partial charge in [-0.1, -0.05) is 6.92 Å². The monoisotopic (exact) mass is 194 g/mol. The maximum atomic E-state index is 5.50. The van der Waals surface area contributed by atoms with Gasteiger partial charge < -0.3 is 5.73 Å². The molecule has 0 aliphatic rings. The molecule has 0 bridgehead atoms. The van der Waals surface area contributed by atoms with Gasteiger partial charge in [0.25, 0.3) is 0 Å². The number of hydrogen-bond acceptors (Lipinski definition) is 4. The van der Waals surface area contributed by atoms with E-state index in [1.54, 1.807) is 22.1 Å². The van der Waals surface area contributed by atoms with E-state index in [1.165, 1.54) is 0 Å². The van der Waals surface area contributed by atoms with Crippen molar-refractivity contribution >= 4 is 17.2 Å². The van der Waals surface area contributed by atoms with Crippen LogP contribution >= 0.6 is 11.3 Å². The Morgan fingerprint density at radius 3 is 3.00 bits per heavy atom. The summed E-state index contributed by atoms with van der Waals surface area (Å²) in [7, 11) is 0. The van der Waals surface area contributed by atoms with Crippen LogP contribution in [0.25, 0.3) is 5.13 Å². The molecule has 0 amide bonds. The van der Waals surface area contributed by atoms with Gasteiger partial charge in [0.2, 0.25) is 5.13 Å². The standard InChI is InChI=1S/C8H10N4S/c1-2-6-5-13-8(10-6)12-4-3-7(9)11-12/h3-5H,2H2,1H3,(H2,9,11). The molecule has 2 heterocycles. The fourth-order valence-corrected chi connectivity index (χ4v) is 1.85. The van der Waals surface area contributed by atoms with E-state index in [-0.39, 0.29) is 0 Å². The summed E-state index contributed by atoms with van der Waals surface area (Å²) in [5.74, 6) is 0.522. The lowest BCUT2D eigenvalue weighted by molar-refractivity contribution is 0.863. The highest BCUT2D eigenvalue weighted by Gasteiger charge is 2.03. The van der Waals surface area contributed by atoms with E-state index < -0.39 is 0 Å². The molecule has 2 N–H and O–H groups in total. The normalized spacial score (nSPS) is 10.5. The first-order chi connectivity index (χ1) is 6.29. The minimum absolute atomic E-state index is 0.522. The average molecular weight is 194 g/mol. The van der Waals surface area contributed by atoms with Crippen LogP contribution in [0.5, 0.6) is 0 Å². The van der Waals surface area contributed by atoms with Crippen molar-refractivity contribution in [1.29, 1.82) is 0 Å². The van der Waals surface area contributed by atoms with E-state index in [1.807, 2.05) is 11.6 Å². The Balaban J connectivity index is 2.35. The van der Waals surface area contributed by atoms with Crippen LogP contribution in [0, 0.1) is 0 Å². The molecule has 2 aromatic heterocycles. The zero-order valence-electron chi connectivity index (χ0n) is 7.27. The maximum Gasteiger partial charge on any atom is 0.210 e. The summed E-state index contributed by atoms with van der Waals surface area (Å²) in [6.45, 7) is 2.08. The van der Waals surface area contributed by atoms with Gasteiger partial charge in [0.15, 0.2) is 0 Å². The number of anilines is 1. The molecule has 0 aromatic carbocycles. The Kier molecular flexibility index (Phi) is 2.02. The second-order valence-electron chi connectivity index (χ2n) is 2.66. The lowest BCUT2D eigenvalue weighted by Gasteiger charge is -1.92. The summed E-state index contributed by atoms with van der Waals surface area (Å²) in [6.07, 6.45) is 2.76. The highest BCUT2D eigenvalue weighted by molar-refractivity contribution is 7.12. The largest absolute Gasteiger partial charge is 0.382 e. The van der Waals surface area contributed by atoms with Gasteiger partial charge in [0, 0.05) is 17.6 Å². The molecule has 68 valence electrons. The van der Waals surface area contributed by atoms with E-state index in [9.17, 15) is 0 Å². The Morgan fingerprint density at radius 1 is 1.62 bits per heavy atom. The summed E-state index contributed by atoms with van der Waals surface area (Å²) in [6, 6.07) is 1.76. The van der Waals surface area contributed by atoms with Crippen molar-refractivity contribution in [1.82, 2.24) is 14.8 Å². The molecule has 0 saturated carbocycles. The van der Waals surface area contributed by atoms with Crippen LogP contribution in [0.4, 0.5) is 5.82 Å². The quantitative estimate of drug-likeness (QED) is 0.787. The Hall–Kier alpha value is -1.36. The average Bonchev–Trinajstić information content (AvgIpc) is 2.71. The lowest BCUT2D eigenvalue weighted by Crippen LogP contribution is -1.95. The number of nitrogen functional groups attached to an aromatic ring is 1. The van der Waals surface area contributed by atoms with Gasteiger partial charge in [-0.25, -0.2) is 9.67 Å². The van der Waals surface area contributed by atoms with E-state index in [2.05, 4.69) is 17.0 Å². The predicted molar refractivity (Wildman–Crippen MR) is 53.0 cm³/mol. The third-order valence-corrected chi connectivity index (χ3v) is 2.59. The second kappa shape index (κ2) is 3.18. The molecule has 5 heteroatoms. The van der Waals surface area contributed by atoms with Crippen LogP contribution in [0.2, 0.25) is 0 Å². The molecule has 0 aliphatic heterocycles. The molecule has 2 aromatic rings. The first-order valence-electron chi connectivity index (χ1n) is 4.05. The van der Waals surface area contributed by atoms with Crippen molar-refractivity contribution in [3.8, 4) is 5.13 Å². The smallest absolute Gasteiger partial charge is 0.210 e. The van der Waals surface area contributed by atoms with Gasteiger partial charge in [-0.2, -0.15) is 0 Å². The van der Waals surface area contributed by atoms with Crippen molar-refractivity contribution in [2.24, 2.45) is 0 Å². The molecule has 0 unspecified atom stereocenters. The molecule has 4 nitrogen and oxygen atoms in total. The van der Waals surface area contributed by atoms with Crippen LogP contribution in [-0.2, 0) is 6.42 Å². The fraction of sp³-hybridized carbons (Fsp3) is 0.250. The molecule has 0 atom stereocenters. The van der Waals surface area contributed by atoms with Gasteiger partial charge in [-0.05, 0) is 6.42 Å². The highest BCUT2D eigenvalue weighted by atomic mass is 32.1. The summed E-state index contributed by atoms with van der Waals surface area (Å²) in [5, 5.41) is 6.97. The predicted octanol–water partition coefficient (Wildman–Crippen LogP) is 1.47. The number of rotatable bonds is 2. The number of hydrogen-bond donors (Lipinski definition) is 1. The number of nitrogens with zero attached hydrogens (tertiary/aromatic N) is 3.